The van der Waals surface area contributed by atoms with Crippen molar-refractivity contribution >= 4 is 52.5 Å². The van der Waals surface area contributed by atoms with Crippen molar-refractivity contribution in [1.82, 2.24) is 5.32 Å². The van der Waals surface area contributed by atoms with Crippen LogP contribution in [-0.4, -0.2) is 35.4 Å². The van der Waals surface area contributed by atoms with E-state index < -0.39 is 5.97 Å². The fraction of sp³-hybridized carbons (Fsp3) is 0.375. The second kappa shape index (κ2) is 11.7. The Morgan fingerprint density at radius 2 is 1.67 bits per heavy atom. The zero-order valence-corrected chi connectivity index (χ0v) is 20.1. The van der Waals surface area contributed by atoms with Crippen LogP contribution in [0.15, 0.2) is 36.4 Å². The molecule has 1 aliphatic rings. The Kier molecular flexibility index (Phi) is 9.01. The normalized spacial score (nSPS) is 17.9. The number of ether oxygens (including phenoxy) is 1. The summed E-state index contributed by atoms with van der Waals surface area (Å²) in [6.45, 7) is 0.322. The van der Waals surface area contributed by atoms with Crippen molar-refractivity contribution in [2.45, 2.75) is 44.6 Å². The molecule has 0 spiro atoms. The minimum absolute atomic E-state index is 0.0580. The summed E-state index contributed by atoms with van der Waals surface area (Å²) < 4.78 is 5.93. The molecule has 0 saturated heterocycles. The van der Waals surface area contributed by atoms with Gasteiger partial charge in [-0.3, -0.25) is 14.4 Å². The summed E-state index contributed by atoms with van der Waals surface area (Å²) in [5.74, 6) is -0.921. The van der Waals surface area contributed by atoms with Gasteiger partial charge >= 0.3 is 5.97 Å². The average Bonchev–Trinajstić information content (AvgIpc) is 2.78. The first-order chi connectivity index (χ1) is 15.7. The van der Waals surface area contributed by atoms with Crippen LogP contribution in [0.5, 0.6) is 5.75 Å². The third kappa shape index (κ3) is 7.10. The standard InChI is InChI=1S/C24H24Cl3NO5/c25-19-10-5-15(12-21(19)27)23(30)28-11-1-2-22(29)18-9-8-17(13-20(18)26)33-16-6-3-14(4-7-16)24(31)32/h5,8-10,12-14,16H,1-4,6-7,11H2,(H,28,30)(H,31,32). The average molecular weight is 513 g/mol. The fourth-order valence-corrected chi connectivity index (χ4v) is 4.31. The number of benzene rings is 2. The minimum atomic E-state index is -0.756. The lowest BCUT2D eigenvalue weighted by atomic mass is 9.87. The van der Waals surface area contributed by atoms with Crippen LogP contribution in [0, 0.1) is 5.92 Å². The maximum Gasteiger partial charge on any atom is 0.306 e. The molecule has 1 aliphatic carbocycles. The first-order valence-corrected chi connectivity index (χ1v) is 11.8. The monoisotopic (exact) mass is 511 g/mol. The number of carbonyl (C=O) groups excluding carboxylic acids is 2. The van der Waals surface area contributed by atoms with Gasteiger partial charge in [0.15, 0.2) is 5.78 Å². The van der Waals surface area contributed by atoms with E-state index in [9.17, 15) is 14.4 Å². The number of nitrogens with one attached hydrogen (secondary N) is 1. The predicted molar refractivity (Wildman–Crippen MR) is 128 cm³/mol. The third-order valence-electron chi connectivity index (χ3n) is 5.62. The molecule has 3 rings (SSSR count). The van der Waals surface area contributed by atoms with Crippen LogP contribution in [0.1, 0.15) is 59.2 Å². The van der Waals surface area contributed by atoms with E-state index in [1.807, 2.05) is 0 Å². The van der Waals surface area contributed by atoms with Gasteiger partial charge in [-0.25, -0.2) is 0 Å². The molecule has 1 amide bonds. The Bertz CT molecular complexity index is 1030. The lowest BCUT2D eigenvalue weighted by Crippen LogP contribution is -2.27. The Labute approximate surface area is 207 Å². The molecule has 0 unspecified atom stereocenters. The van der Waals surface area contributed by atoms with Crippen LogP contribution in [0.3, 0.4) is 0 Å². The summed E-state index contributed by atoms with van der Waals surface area (Å²) in [6, 6.07) is 9.58. The molecule has 2 aromatic carbocycles. The molecular weight excluding hydrogens is 489 g/mol. The smallest absolute Gasteiger partial charge is 0.306 e. The summed E-state index contributed by atoms with van der Waals surface area (Å²) in [6.07, 6.45) is 3.13. The zero-order chi connectivity index (χ0) is 24.0. The van der Waals surface area contributed by atoms with Crippen molar-refractivity contribution in [1.29, 1.82) is 0 Å². The van der Waals surface area contributed by atoms with Crippen molar-refractivity contribution in [2.24, 2.45) is 5.92 Å². The van der Waals surface area contributed by atoms with E-state index in [2.05, 4.69) is 5.32 Å². The first-order valence-electron chi connectivity index (χ1n) is 10.7. The van der Waals surface area contributed by atoms with Gasteiger partial charge in [0.2, 0.25) is 0 Å². The van der Waals surface area contributed by atoms with Gasteiger partial charge in [0.1, 0.15) is 5.75 Å². The number of carbonyl (C=O) groups is 3. The second-order valence-electron chi connectivity index (χ2n) is 7.98. The van der Waals surface area contributed by atoms with Gasteiger partial charge in [-0.1, -0.05) is 34.8 Å². The van der Waals surface area contributed by atoms with Crippen molar-refractivity contribution < 1.29 is 24.2 Å². The molecule has 2 N–H and O–H groups in total. The van der Waals surface area contributed by atoms with Crippen LogP contribution < -0.4 is 10.1 Å². The molecule has 6 nitrogen and oxygen atoms in total. The van der Waals surface area contributed by atoms with Gasteiger partial charge in [0.05, 0.1) is 27.1 Å². The molecule has 0 heterocycles. The summed E-state index contributed by atoms with van der Waals surface area (Å²) in [4.78, 5) is 35.8. The van der Waals surface area contributed by atoms with Crippen LogP contribution >= 0.6 is 34.8 Å². The zero-order valence-electron chi connectivity index (χ0n) is 17.8. The highest BCUT2D eigenvalue weighted by Gasteiger charge is 2.27. The van der Waals surface area contributed by atoms with E-state index in [1.54, 1.807) is 30.3 Å². The molecular formula is C24H24Cl3NO5. The number of amides is 1. The second-order valence-corrected chi connectivity index (χ2v) is 9.20. The maximum atomic E-state index is 12.5. The quantitative estimate of drug-likeness (QED) is 0.315. The first kappa shape index (κ1) is 25.3. The molecule has 0 bridgehead atoms. The maximum absolute atomic E-state index is 12.5. The number of Topliss-reactive ketones (excluding diaryl/α,β-unsaturated/α-hetero) is 1. The molecule has 2 aromatic rings. The number of hydrogen-bond acceptors (Lipinski definition) is 4. The molecule has 0 radical (unpaired) electrons. The van der Waals surface area contributed by atoms with Gasteiger partial charge in [-0.15, -0.1) is 0 Å². The van der Waals surface area contributed by atoms with Crippen molar-refractivity contribution in [2.75, 3.05) is 6.54 Å². The molecule has 9 heteroatoms. The molecule has 33 heavy (non-hydrogen) atoms. The fourth-order valence-electron chi connectivity index (χ4n) is 3.74. The number of halogens is 3. The Morgan fingerprint density at radius 3 is 2.30 bits per heavy atom. The van der Waals surface area contributed by atoms with Gasteiger partial charge in [0.25, 0.3) is 5.91 Å². The molecule has 176 valence electrons. The SMILES string of the molecule is O=C(NCCCC(=O)c1ccc(OC2CCC(C(=O)O)CC2)cc1Cl)c1ccc(Cl)c(Cl)c1. The lowest BCUT2D eigenvalue weighted by molar-refractivity contribution is -0.143. The largest absolute Gasteiger partial charge is 0.490 e. The van der Waals surface area contributed by atoms with Crippen LogP contribution in [-0.2, 0) is 4.79 Å². The predicted octanol–water partition coefficient (Wildman–Crippen LogP) is 6.06. The van der Waals surface area contributed by atoms with Crippen LogP contribution in [0.4, 0.5) is 0 Å². The Morgan fingerprint density at radius 1 is 0.939 bits per heavy atom. The van der Waals surface area contributed by atoms with Gasteiger partial charge < -0.3 is 15.2 Å². The third-order valence-corrected chi connectivity index (χ3v) is 6.67. The minimum Gasteiger partial charge on any atom is -0.490 e. The summed E-state index contributed by atoms with van der Waals surface area (Å²) >= 11 is 18.1. The van der Waals surface area contributed by atoms with E-state index in [4.69, 9.17) is 44.6 Å². The highest BCUT2D eigenvalue weighted by molar-refractivity contribution is 6.42. The number of hydrogen-bond donors (Lipinski definition) is 2. The van der Waals surface area contributed by atoms with E-state index in [0.29, 0.717) is 70.6 Å². The van der Waals surface area contributed by atoms with E-state index >= 15 is 0 Å². The van der Waals surface area contributed by atoms with Gasteiger partial charge in [-0.05, 0) is 68.5 Å². The Hall–Kier alpha value is -2.28. The van der Waals surface area contributed by atoms with Gasteiger partial charge in [0, 0.05) is 24.1 Å². The molecule has 1 fully saturated rings. The number of rotatable bonds is 9. The summed E-state index contributed by atoms with van der Waals surface area (Å²) in [5.41, 5.74) is 0.792. The molecule has 0 atom stereocenters. The highest BCUT2D eigenvalue weighted by Crippen LogP contribution is 2.30. The number of aliphatic carboxylic acids is 1. The van der Waals surface area contributed by atoms with E-state index in [1.165, 1.54) is 6.07 Å². The summed E-state index contributed by atoms with van der Waals surface area (Å²) in [5, 5.41) is 12.8. The summed E-state index contributed by atoms with van der Waals surface area (Å²) in [7, 11) is 0. The molecule has 1 saturated carbocycles. The highest BCUT2D eigenvalue weighted by atomic mass is 35.5. The van der Waals surface area contributed by atoms with Crippen LogP contribution in [0.25, 0.3) is 0 Å². The van der Waals surface area contributed by atoms with Crippen LogP contribution in [0.2, 0.25) is 15.1 Å². The van der Waals surface area contributed by atoms with Crippen molar-refractivity contribution in [3.05, 3.63) is 62.6 Å². The lowest BCUT2D eigenvalue weighted by Gasteiger charge is -2.26. The Balaban J connectivity index is 1.45. The molecule has 0 aliphatic heterocycles. The van der Waals surface area contributed by atoms with Crippen molar-refractivity contribution in [3.63, 3.8) is 0 Å². The number of carboxylic acid groups (broad SMARTS) is 1. The van der Waals surface area contributed by atoms with E-state index in [0.717, 1.165) is 0 Å². The van der Waals surface area contributed by atoms with Crippen molar-refractivity contribution in [3.8, 4) is 5.75 Å². The topological polar surface area (TPSA) is 92.7 Å². The number of ketones is 1. The van der Waals surface area contributed by atoms with E-state index in [-0.39, 0.29) is 30.1 Å². The number of carboxylic acids is 1. The van der Waals surface area contributed by atoms with Gasteiger partial charge in [-0.2, -0.15) is 0 Å². The molecule has 0 aromatic heterocycles.